The lowest BCUT2D eigenvalue weighted by molar-refractivity contribution is -0.113. The van der Waals surface area contributed by atoms with Gasteiger partial charge in [-0.25, -0.2) is 9.97 Å². The molecule has 2 heterocycles. The molecule has 2 aromatic carbocycles. The minimum atomic E-state index is -0.139. The van der Waals surface area contributed by atoms with Gasteiger partial charge < -0.3 is 5.32 Å². The first kappa shape index (κ1) is 19.8. The van der Waals surface area contributed by atoms with Gasteiger partial charge in [-0.1, -0.05) is 53.8 Å². The lowest BCUT2D eigenvalue weighted by Crippen LogP contribution is -2.13. The second-order valence-corrected chi connectivity index (χ2v) is 9.34. The molecule has 0 aliphatic rings. The largest absolute Gasteiger partial charge is 0.301 e. The molecule has 0 aliphatic heterocycles. The third-order valence-corrected chi connectivity index (χ3v) is 7.27. The van der Waals surface area contributed by atoms with E-state index >= 15 is 0 Å². The summed E-state index contributed by atoms with van der Waals surface area (Å²) in [6.45, 7) is 1.51. The van der Waals surface area contributed by atoms with Crippen molar-refractivity contribution in [1.29, 1.82) is 0 Å². The van der Waals surface area contributed by atoms with Gasteiger partial charge in [0.05, 0.1) is 26.5 Å². The Bertz CT molecular complexity index is 1140. The number of fused-ring (bicyclic) bond motifs is 1. The number of Topliss-reactive ketones (excluding diaryl/α,β-unsaturated/α-hetero) is 1. The van der Waals surface area contributed by atoms with Gasteiger partial charge in [-0.05, 0) is 12.1 Å². The monoisotopic (exact) mass is 439 g/mol. The van der Waals surface area contributed by atoms with Gasteiger partial charge in [0.25, 0.3) is 0 Å². The fraction of sp³-hybridized carbons (Fsp3) is 0.143. The van der Waals surface area contributed by atoms with E-state index in [1.807, 2.05) is 54.6 Å². The molecule has 29 heavy (non-hydrogen) atoms. The van der Waals surface area contributed by atoms with E-state index in [0.717, 1.165) is 20.8 Å². The predicted molar refractivity (Wildman–Crippen MR) is 122 cm³/mol. The van der Waals surface area contributed by atoms with Gasteiger partial charge in [0.1, 0.15) is 5.01 Å². The van der Waals surface area contributed by atoms with Crippen molar-refractivity contribution in [1.82, 2.24) is 9.97 Å². The van der Waals surface area contributed by atoms with E-state index in [0.29, 0.717) is 27.2 Å². The Labute approximate surface area is 180 Å². The van der Waals surface area contributed by atoms with Gasteiger partial charge in [0.15, 0.2) is 10.9 Å². The molecule has 0 spiro atoms. The fourth-order valence-electron chi connectivity index (χ4n) is 2.77. The van der Waals surface area contributed by atoms with E-state index in [2.05, 4.69) is 15.3 Å². The average Bonchev–Trinajstić information content (AvgIpc) is 3.32. The number of anilines is 1. The molecule has 1 amide bonds. The minimum Gasteiger partial charge on any atom is -0.301 e. The molecule has 8 heteroatoms. The van der Waals surface area contributed by atoms with Crippen LogP contribution in [0.4, 0.5) is 5.13 Å². The zero-order chi connectivity index (χ0) is 20.2. The maximum Gasteiger partial charge on any atom is 0.236 e. The van der Waals surface area contributed by atoms with Crippen LogP contribution in [0.15, 0.2) is 54.6 Å². The molecule has 0 fully saturated rings. The van der Waals surface area contributed by atoms with Gasteiger partial charge in [0, 0.05) is 18.2 Å². The minimum absolute atomic E-state index is 0.0629. The second kappa shape index (κ2) is 8.86. The lowest BCUT2D eigenvalue weighted by Gasteiger charge is -2.00. The summed E-state index contributed by atoms with van der Waals surface area (Å²) in [5.41, 5.74) is 2.46. The fourth-order valence-corrected chi connectivity index (χ4v) is 5.52. The highest BCUT2D eigenvalue weighted by molar-refractivity contribution is 7.99. The lowest BCUT2D eigenvalue weighted by atomic mass is 10.1. The van der Waals surface area contributed by atoms with Crippen molar-refractivity contribution in [3.8, 4) is 11.3 Å². The van der Waals surface area contributed by atoms with Gasteiger partial charge in [-0.3, -0.25) is 9.59 Å². The van der Waals surface area contributed by atoms with Crippen LogP contribution in [-0.2, 0) is 10.5 Å². The molecule has 0 aliphatic carbocycles. The first-order chi connectivity index (χ1) is 14.1. The standard InChI is InChI=1S/C21H17N3O2S3/c1-13(25)20-19(14-7-3-2-4-8-14)24-21(29-20)23-17(26)11-27-12-18-22-15-9-5-6-10-16(15)28-18/h2-10H,11-12H2,1H3,(H,23,24,26). The van der Waals surface area contributed by atoms with Crippen LogP contribution in [0.1, 0.15) is 21.6 Å². The number of hydrogen-bond acceptors (Lipinski definition) is 7. The van der Waals surface area contributed by atoms with E-state index in [1.54, 1.807) is 11.3 Å². The zero-order valence-electron chi connectivity index (χ0n) is 15.5. The Hall–Kier alpha value is -2.55. The number of nitrogens with zero attached hydrogens (tertiary/aromatic N) is 2. The van der Waals surface area contributed by atoms with Crippen molar-refractivity contribution < 1.29 is 9.59 Å². The summed E-state index contributed by atoms with van der Waals surface area (Å²) < 4.78 is 1.15. The summed E-state index contributed by atoms with van der Waals surface area (Å²) in [5.74, 6) is 0.774. The first-order valence-corrected chi connectivity index (χ1v) is 11.7. The summed E-state index contributed by atoms with van der Waals surface area (Å²) in [7, 11) is 0. The number of thiazole rings is 2. The molecule has 0 atom stereocenters. The van der Waals surface area contributed by atoms with Crippen molar-refractivity contribution in [2.75, 3.05) is 11.1 Å². The molecular weight excluding hydrogens is 422 g/mol. The van der Waals surface area contributed by atoms with E-state index in [9.17, 15) is 9.59 Å². The summed E-state index contributed by atoms with van der Waals surface area (Å²) in [4.78, 5) is 33.9. The van der Waals surface area contributed by atoms with Crippen LogP contribution < -0.4 is 5.32 Å². The Morgan fingerprint density at radius 3 is 2.52 bits per heavy atom. The Morgan fingerprint density at radius 2 is 1.76 bits per heavy atom. The van der Waals surface area contributed by atoms with Crippen LogP contribution in [0.25, 0.3) is 21.5 Å². The number of aromatic nitrogens is 2. The maximum atomic E-state index is 12.3. The number of amides is 1. The van der Waals surface area contributed by atoms with Gasteiger partial charge in [-0.2, -0.15) is 0 Å². The van der Waals surface area contributed by atoms with Crippen LogP contribution >= 0.6 is 34.4 Å². The Kier molecular flexibility index (Phi) is 6.03. The second-order valence-electron chi connectivity index (χ2n) is 6.24. The number of benzene rings is 2. The van der Waals surface area contributed by atoms with E-state index in [4.69, 9.17) is 0 Å². The number of hydrogen-bond donors (Lipinski definition) is 1. The van der Waals surface area contributed by atoms with Gasteiger partial charge in [0.2, 0.25) is 5.91 Å². The highest BCUT2D eigenvalue weighted by atomic mass is 32.2. The topological polar surface area (TPSA) is 72.0 Å². The number of rotatable bonds is 7. The smallest absolute Gasteiger partial charge is 0.236 e. The Morgan fingerprint density at radius 1 is 1.00 bits per heavy atom. The summed E-state index contributed by atoms with van der Waals surface area (Å²) >= 11 is 4.37. The maximum absolute atomic E-state index is 12.3. The molecule has 4 rings (SSSR count). The number of carbonyl (C=O) groups excluding carboxylic acids is 2. The molecule has 0 saturated carbocycles. The van der Waals surface area contributed by atoms with Crippen molar-refractivity contribution in [2.45, 2.75) is 12.7 Å². The summed E-state index contributed by atoms with van der Waals surface area (Å²) in [6, 6.07) is 17.5. The SMILES string of the molecule is CC(=O)c1sc(NC(=O)CSCc2nc3ccccc3s2)nc1-c1ccccc1. The molecule has 5 nitrogen and oxygen atoms in total. The molecule has 2 aromatic heterocycles. The highest BCUT2D eigenvalue weighted by Gasteiger charge is 2.18. The van der Waals surface area contributed by atoms with Crippen LogP contribution in [0, 0.1) is 0 Å². The van der Waals surface area contributed by atoms with Crippen molar-refractivity contribution in [2.24, 2.45) is 0 Å². The third kappa shape index (κ3) is 4.72. The van der Waals surface area contributed by atoms with Gasteiger partial charge >= 0.3 is 0 Å². The number of carbonyl (C=O) groups is 2. The van der Waals surface area contributed by atoms with Crippen LogP contribution in [0.3, 0.4) is 0 Å². The predicted octanol–water partition coefficient (Wildman–Crippen LogP) is 5.49. The van der Waals surface area contributed by atoms with E-state index in [1.165, 1.54) is 30.0 Å². The molecule has 1 N–H and O–H groups in total. The van der Waals surface area contributed by atoms with Crippen LogP contribution in [0.2, 0.25) is 0 Å². The number of nitrogens with one attached hydrogen (secondary N) is 1. The third-order valence-electron chi connectivity index (χ3n) is 4.04. The van der Waals surface area contributed by atoms with Gasteiger partial charge in [-0.15, -0.1) is 23.1 Å². The quantitative estimate of drug-likeness (QED) is 0.385. The van der Waals surface area contributed by atoms with E-state index < -0.39 is 0 Å². The zero-order valence-corrected chi connectivity index (χ0v) is 18.0. The molecule has 0 saturated heterocycles. The highest BCUT2D eigenvalue weighted by Crippen LogP contribution is 2.31. The van der Waals surface area contributed by atoms with E-state index in [-0.39, 0.29) is 11.7 Å². The molecular formula is C21H17N3O2S3. The molecule has 4 aromatic rings. The molecule has 146 valence electrons. The van der Waals surface area contributed by atoms with Crippen LogP contribution in [0.5, 0.6) is 0 Å². The summed E-state index contributed by atoms with van der Waals surface area (Å²) in [6.07, 6.45) is 0. The molecule has 0 bridgehead atoms. The molecule has 0 unspecified atom stereocenters. The first-order valence-electron chi connectivity index (χ1n) is 8.89. The summed E-state index contributed by atoms with van der Waals surface area (Å²) in [5, 5.41) is 4.27. The van der Waals surface area contributed by atoms with Crippen molar-refractivity contribution in [3.05, 3.63) is 64.5 Å². The molecule has 0 radical (unpaired) electrons. The number of para-hydroxylation sites is 1. The number of thioether (sulfide) groups is 1. The normalized spacial score (nSPS) is 10.9. The van der Waals surface area contributed by atoms with Crippen LogP contribution in [-0.4, -0.2) is 27.4 Å². The van der Waals surface area contributed by atoms with Crippen molar-refractivity contribution >= 4 is 61.5 Å². The Balaban J connectivity index is 1.38. The average molecular weight is 440 g/mol. The number of ketones is 1. The van der Waals surface area contributed by atoms with Crippen molar-refractivity contribution in [3.63, 3.8) is 0 Å².